The molecule has 2 aromatic carbocycles. The van der Waals surface area contributed by atoms with Crippen molar-refractivity contribution in [1.29, 1.82) is 0 Å². The molecule has 0 bridgehead atoms. The van der Waals surface area contributed by atoms with Crippen molar-refractivity contribution in [2.45, 2.75) is 30.8 Å². The average Bonchev–Trinajstić information content (AvgIpc) is 3.63. The number of nitrogens with one attached hydrogen (secondary N) is 1. The Morgan fingerprint density at radius 2 is 1.86 bits per heavy atom. The molecular weight excluding hydrogens is 492 g/mol. The number of pyridine rings is 1. The number of nitrogens with zero attached hydrogens (tertiary/aromatic N) is 3. The van der Waals surface area contributed by atoms with E-state index < -0.39 is 26.6 Å². The lowest BCUT2D eigenvalue weighted by Gasteiger charge is -2.15. The van der Waals surface area contributed by atoms with E-state index in [1.807, 2.05) is 6.07 Å². The lowest BCUT2D eigenvalue weighted by atomic mass is 10.0. The third-order valence-electron chi connectivity index (χ3n) is 5.60. The Morgan fingerprint density at radius 3 is 2.56 bits per heavy atom. The van der Waals surface area contributed by atoms with Gasteiger partial charge in [-0.3, -0.25) is 4.72 Å². The summed E-state index contributed by atoms with van der Waals surface area (Å²) in [5.74, 6) is -1.50. The number of fused-ring (bicyclic) bond motifs is 1. The molecule has 1 fully saturated rings. The molecule has 2 aromatic heterocycles. The van der Waals surface area contributed by atoms with Crippen LogP contribution in [-0.4, -0.2) is 36.6 Å². The predicted octanol–water partition coefficient (Wildman–Crippen LogP) is 4.21. The highest BCUT2D eigenvalue weighted by Crippen LogP contribution is 2.38. The number of anilines is 2. The van der Waals surface area contributed by atoms with Crippen molar-refractivity contribution in [2.75, 3.05) is 17.6 Å². The SMILES string of the molecule is COc1ncc(-c2cc(OC3CC3)c3nc(N)nc(C)c3c2)cc1NS(=O)(=O)c1ccc(F)cc1F. The van der Waals surface area contributed by atoms with Crippen molar-refractivity contribution >= 4 is 32.6 Å². The molecular formula is C24H21F2N5O4S. The van der Waals surface area contributed by atoms with Gasteiger partial charge in [-0.15, -0.1) is 0 Å². The Bertz CT molecular complexity index is 1610. The van der Waals surface area contributed by atoms with Gasteiger partial charge in [-0.1, -0.05) is 0 Å². The summed E-state index contributed by atoms with van der Waals surface area (Å²) in [5, 5.41) is 0.712. The highest BCUT2D eigenvalue weighted by molar-refractivity contribution is 7.92. The van der Waals surface area contributed by atoms with Gasteiger partial charge in [-0.2, -0.15) is 0 Å². The van der Waals surface area contributed by atoms with Gasteiger partial charge in [0.15, 0.2) is 0 Å². The van der Waals surface area contributed by atoms with Crippen LogP contribution in [0, 0.1) is 18.6 Å². The number of nitrogen functional groups attached to an aromatic ring is 1. The average molecular weight is 514 g/mol. The minimum atomic E-state index is -4.42. The first kappa shape index (κ1) is 23.7. The number of sulfonamides is 1. The summed E-state index contributed by atoms with van der Waals surface area (Å²) >= 11 is 0. The summed E-state index contributed by atoms with van der Waals surface area (Å²) in [6.45, 7) is 1.80. The van der Waals surface area contributed by atoms with Crippen molar-refractivity contribution in [1.82, 2.24) is 15.0 Å². The Kier molecular flexibility index (Phi) is 5.83. The molecule has 36 heavy (non-hydrogen) atoms. The summed E-state index contributed by atoms with van der Waals surface area (Å²) in [6.07, 6.45) is 3.45. The standard InChI is InChI=1S/C24H21F2N5O4S/c1-12-17-7-13(9-20(35-16-4-5-16)22(17)30-24(27)29-12)14-8-19(23(34-2)28-11-14)31-36(32,33)21-6-3-15(25)10-18(21)26/h3,6-11,16,31H,4-5H2,1-2H3,(H2,27,29,30). The van der Waals surface area contributed by atoms with Crippen molar-refractivity contribution in [3.8, 4) is 22.8 Å². The molecule has 1 aliphatic carbocycles. The minimum absolute atomic E-state index is 0.0336. The predicted molar refractivity (Wildman–Crippen MR) is 129 cm³/mol. The van der Waals surface area contributed by atoms with Gasteiger partial charge >= 0.3 is 0 Å². The zero-order valence-corrected chi connectivity index (χ0v) is 20.1. The van der Waals surface area contributed by atoms with E-state index in [9.17, 15) is 17.2 Å². The molecule has 4 aromatic rings. The molecule has 9 nitrogen and oxygen atoms in total. The fourth-order valence-corrected chi connectivity index (χ4v) is 4.84. The quantitative estimate of drug-likeness (QED) is 0.376. The monoisotopic (exact) mass is 513 g/mol. The van der Waals surface area contributed by atoms with Gasteiger partial charge < -0.3 is 15.2 Å². The second-order valence-electron chi connectivity index (χ2n) is 8.32. The van der Waals surface area contributed by atoms with Gasteiger partial charge in [-0.25, -0.2) is 32.2 Å². The Hall–Kier alpha value is -4.06. The van der Waals surface area contributed by atoms with Gasteiger partial charge in [0.1, 0.15) is 33.5 Å². The maximum Gasteiger partial charge on any atom is 0.264 e. The van der Waals surface area contributed by atoms with E-state index in [0.717, 1.165) is 25.0 Å². The first-order valence-electron chi connectivity index (χ1n) is 10.9. The van der Waals surface area contributed by atoms with Crippen LogP contribution in [0.15, 0.2) is 47.5 Å². The zero-order valence-electron chi connectivity index (χ0n) is 19.2. The van der Waals surface area contributed by atoms with E-state index in [4.69, 9.17) is 15.2 Å². The number of halogens is 2. The van der Waals surface area contributed by atoms with Gasteiger partial charge in [-0.05, 0) is 55.7 Å². The molecule has 0 radical (unpaired) electrons. The zero-order chi connectivity index (χ0) is 25.6. The first-order chi connectivity index (χ1) is 17.1. The van der Waals surface area contributed by atoms with E-state index in [-0.39, 0.29) is 23.6 Å². The second kappa shape index (κ2) is 8.86. The fourth-order valence-electron chi connectivity index (χ4n) is 3.73. The molecule has 0 saturated heterocycles. The number of nitrogens with two attached hydrogens (primary N) is 1. The number of rotatable bonds is 7. The normalized spacial score (nSPS) is 13.6. The molecule has 3 N–H and O–H groups in total. The first-order valence-corrected chi connectivity index (χ1v) is 12.4. The molecule has 0 unspecified atom stereocenters. The number of benzene rings is 2. The highest BCUT2D eigenvalue weighted by atomic mass is 32.2. The molecule has 0 atom stereocenters. The molecule has 2 heterocycles. The summed E-state index contributed by atoms with van der Waals surface area (Å²) < 4.78 is 66.8. The number of ether oxygens (including phenoxy) is 2. The van der Waals surface area contributed by atoms with Gasteiger partial charge in [0.2, 0.25) is 11.8 Å². The van der Waals surface area contributed by atoms with E-state index in [1.165, 1.54) is 19.4 Å². The summed E-state index contributed by atoms with van der Waals surface area (Å²) in [4.78, 5) is 12.1. The van der Waals surface area contributed by atoms with Crippen LogP contribution in [0.2, 0.25) is 0 Å². The Morgan fingerprint density at radius 1 is 1.08 bits per heavy atom. The molecule has 0 amide bonds. The van der Waals surface area contributed by atoms with Crippen LogP contribution in [0.25, 0.3) is 22.0 Å². The van der Waals surface area contributed by atoms with E-state index in [1.54, 1.807) is 13.0 Å². The number of methoxy groups -OCH3 is 1. The van der Waals surface area contributed by atoms with Crippen molar-refractivity contribution in [3.05, 3.63) is 59.9 Å². The number of hydrogen-bond acceptors (Lipinski definition) is 8. The molecule has 0 spiro atoms. The largest absolute Gasteiger partial charge is 0.488 e. The van der Waals surface area contributed by atoms with E-state index in [2.05, 4.69) is 19.7 Å². The van der Waals surface area contributed by atoms with Crippen LogP contribution < -0.4 is 19.9 Å². The molecule has 1 saturated carbocycles. The third kappa shape index (κ3) is 4.59. The number of hydrogen-bond donors (Lipinski definition) is 2. The van der Waals surface area contributed by atoms with Crippen LogP contribution in [-0.2, 0) is 10.0 Å². The highest BCUT2D eigenvalue weighted by Gasteiger charge is 2.26. The number of aromatic nitrogens is 3. The van der Waals surface area contributed by atoms with E-state index in [0.29, 0.717) is 39.5 Å². The Balaban J connectivity index is 1.60. The van der Waals surface area contributed by atoms with Crippen LogP contribution in [0.1, 0.15) is 18.5 Å². The summed E-state index contributed by atoms with van der Waals surface area (Å²) in [7, 11) is -3.10. The minimum Gasteiger partial charge on any atom is -0.488 e. The lowest BCUT2D eigenvalue weighted by Crippen LogP contribution is -2.15. The van der Waals surface area contributed by atoms with Crippen LogP contribution in [0.4, 0.5) is 20.4 Å². The third-order valence-corrected chi connectivity index (χ3v) is 7.00. The molecule has 12 heteroatoms. The van der Waals surface area contributed by atoms with Crippen molar-refractivity contribution in [3.63, 3.8) is 0 Å². The number of aryl methyl sites for hydroxylation is 1. The van der Waals surface area contributed by atoms with Crippen LogP contribution in [0.5, 0.6) is 11.6 Å². The van der Waals surface area contributed by atoms with Gasteiger partial charge in [0.05, 0.1) is 18.9 Å². The van der Waals surface area contributed by atoms with E-state index >= 15 is 0 Å². The summed E-state index contributed by atoms with van der Waals surface area (Å²) in [6, 6.07) is 7.29. The molecule has 1 aliphatic rings. The smallest absolute Gasteiger partial charge is 0.264 e. The van der Waals surface area contributed by atoms with Gasteiger partial charge in [0.25, 0.3) is 10.0 Å². The van der Waals surface area contributed by atoms with Crippen LogP contribution >= 0.6 is 0 Å². The molecule has 186 valence electrons. The maximum atomic E-state index is 14.2. The fraction of sp³-hybridized carbons (Fsp3) is 0.208. The van der Waals surface area contributed by atoms with Crippen LogP contribution in [0.3, 0.4) is 0 Å². The second-order valence-corrected chi connectivity index (χ2v) is 9.97. The van der Waals surface area contributed by atoms with Crippen molar-refractivity contribution < 1.29 is 26.7 Å². The molecule has 5 rings (SSSR count). The topological polar surface area (TPSA) is 129 Å². The maximum absolute atomic E-state index is 14.2. The van der Waals surface area contributed by atoms with Crippen molar-refractivity contribution in [2.24, 2.45) is 0 Å². The van der Waals surface area contributed by atoms with Gasteiger partial charge in [0, 0.05) is 23.2 Å². The molecule has 0 aliphatic heterocycles. The lowest BCUT2D eigenvalue weighted by molar-refractivity contribution is 0.306. The Labute approximate surface area is 205 Å². The summed E-state index contributed by atoms with van der Waals surface area (Å²) in [5.41, 5.74) is 8.21.